The molecule has 3 rings (SSSR count). The smallest absolute Gasteiger partial charge is 0.314 e. The third kappa shape index (κ3) is 10.3. The Morgan fingerprint density at radius 2 is 1.35 bits per heavy atom. The number of hydrogen-bond donors (Lipinski definition) is 0. The van der Waals surface area contributed by atoms with Gasteiger partial charge in [0.05, 0.1) is 5.92 Å². The molecule has 1 aromatic carbocycles. The molecule has 0 spiro atoms. The lowest BCUT2D eigenvalue weighted by Crippen LogP contribution is -2.25. The van der Waals surface area contributed by atoms with Crippen LogP contribution >= 0.6 is 0 Å². The maximum Gasteiger partial charge on any atom is 0.314 e. The second-order valence-electron chi connectivity index (χ2n) is 12.3. The molecule has 0 radical (unpaired) electrons. The third-order valence-corrected chi connectivity index (χ3v) is 9.52. The van der Waals surface area contributed by atoms with E-state index in [2.05, 4.69) is 38.6 Å². The molecule has 37 heavy (non-hydrogen) atoms. The maximum atomic E-state index is 12.9. The highest BCUT2D eigenvalue weighted by Crippen LogP contribution is 2.42. The van der Waals surface area contributed by atoms with E-state index < -0.39 is 0 Å². The van der Waals surface area contributed by atoms with Crippen molar-refractivity contribution in [2.75, 3.05) is 0 Å². The lowest BCUT2D eigenvalue weighted by atomic mass is 9.71. The Morgan fingerprint density at radius 3 is 1.95 bits per heavy atom. The van der Waals surface area contributed by atoms with Crippen molar-refractivity contribution < 1.29 is 9.53 Å². The van der Waals surface area contributed by atoms with Crippen molar-refractivity contribution in [3.05, 3.63) is 42.5 Å². The van der Waals surface area contributed by atoms with Gasteiger partial charge in [-0.3, -0.25) is 4.79 Å². The zero-order valence-corrected chi connectivity index (χ0v) is 24.2. The van der Waals surface area contributed by atoms with E-state index in [4.69, 9.17) is 4.74 Å². The van der Waals surface area contributed by atoms with Crippen molar-refractivity contribution in [1.82, 2.24) is 0 Å². The largest absolute Gasteiger partial charge is 0.426 e. The molecule has 2 nitrogen and oxygen atoms in total. The van der Waals surface area contributed by atoms with Crippen LogP contribution in [0.15, 0.2) is 36.9 Å². The fraction of sp³-hybridized carbons (Fsp3) is 0.743. The predicted octanol–water partition coefficient (Wildman–Crippen LogP) is 10.8. The van der Waals surface area contributed by atoms with Crippen molar-refractivity contribution in [2.45, 2.75) is 142 Å². The Kier molecular flexibility index (Phi) is 13.9. The summed E-state index contributed by atoms with van der Waals surface area (Å²) in [4.78, 5) is 12.9. The van der Waals surface area contributed by atoms with Gasteiger partial charge in [-0.2, -0.15) is 0 Å². The van der Waals surface area contributed by atoms with E-state index in [9.17, 15) is 4.79 Å². The molecule has 208 valence electrons. The van der Waals surface area contributed by atoms with E-state index in [1.165, 1.54) is 108 Å². The lowest BCUT2D eigenvalue weighted by molar-refractivity contribution is -0.140. The molecule has 0 saturated heterocycles. The first-order valence-corrected chi connectivity index (χ1v) is 16.1. The number of unbranched alkanes of at least 4 members (excludes halogenated alkanes) is 6. The van der Waals surface area contributed by atoms with Gasteiger partial charge in [0, 0.05) is 0 Å². The number of ether oxygens (including phenoxy) is 1. The average Bonchev–Trinajstić information content (AvgIpc) is 2.93. The quantitative estimate of drug-likeness (QED) is 0.0960. The van der Waals surface area contributed by atoms with Gasteiger partial charge in [-0.1, -0.05) is 109 Å². The van der Waals surface area contributed by atoms with Crippen LogP contribution in [0.3, 0.4) is 0 Å². The van der Waals surface area contributed by atoms with Crippen LogP contribution in [-0.4, -0.2) is 5.97 Å². The average molecular weight is 509 g/mol. The Bertz CT molecular complexity index is 750. The Labute approximate surface area is 229 Å². The highest BCUT2D eigenvalue weighted by atomic mass is 16.5. The maximum absolute atomic E-state index is 12.9. The van der Waals surface area contributed by atoms with E-state index in [-0.39, 0.29) is 11.9 Å². The standard InChI is InChI=1S/C35H56O2/c1-4-7-9-10-12-15-29-18-22-32(23-19-29)35(36)37-33-26-24-31(25-27-33)34(13-6-3)30-20-16-28(17-21-30)14-11-8-5-2/h6,24-30,32,34H,3-5,7-23H2,1-2H3. The highest BCUT2D eigenvalue weighted by Gasteiger charge is 2.29. The monoisotopic (exact) mass is 508 g/mol. The molecule has 0 heterocycles. The molecule has 2 aliphatic carbocycles. The molecule has 2 heteroatoms. The molecule has 2 fully saturated rings. The van der Waals surface area contributed by atoms with Crippen LogP contribution in [0.25, 0.3) is 0 Å². The van der Waals surface area contributed by atoms with Gasteiger partial charge in [0.15, 0.2) is 0 Å². The first-order chi connectivity index (χ1) is 18.1. The number of carbonyl (C=O) groups is 1. The van der Waals surface area contributed by atoms with Crippen molar-refractivity contribution in [1.29, 1.82) is 0 Å². The van der Waals surface area contributed by atoms with Crippen LogP contribution in [0, 0.1) is 23.7 Å². The van der Waals surface area contributed by atoms with E-state index in [0.29, 0.717) is 11.7 Å². The lowest BCUT2D eigenvalue weighted by Gasteiger charge is -2.34. The normalized spacial score (nSPS) is 24.9. The minimum Gasteiger partial charge on any atom is -0.426 e. The Balaban J connectivity index is 1.43. The molecule has 1 aromatic rings. The minimum absolute atomic E-state index is 0.0156. The summed E-state index contributed by atoms with van der Waals surface area (Å²) >= 11 is 0. The van der Waals surface area contributed by atoms with E-state index >= 15 is 0 Å². The molecular formula is C35H56O2. The van der Waals surface area contributed by atoms with Crippen molar-refractivity contribution in [3.63, 3.8) is 0 Å². The molecule has 1 unspecified atom stereocenters. The molecule has 2 aliphatic rings. The highest BCUT2D eigenvalue weighted by molar-refractivity contribution is 5.75. The van der Waals surface area contributed by atoms with Crippen molar-refractivity contribution in [2.24, 2.45) is 23.7 Å². The number of esters is 1. The summed E-state index contributed by atoms with van der Waals surface area (Å²) < 4.78 is 5.86. The van der Waals surface area contributed by atoms with Crippen molar-refractivity contribution >= 4 is 5.97 Å². The van der Waals surface area contributed by atoms with Crippen LogP contribution in [0.2, 0.25) is 0 Å². The summed E-state index contributed by atoms with van der Waals surface area (Å²) in [5.41, 5.74) is 1.38. The second kappa shape index (κ2) is 17.1. The first-order valence-electron chi connectivity index (χ1n) is 16.1. The van der Waals surface area contributed by atoms with Gasteiger partial charge >= 0.3 is 5.97 Å². The summed E-state index contributed by atoms with van der Waals surface area (Å²) in [6.07, 6.45) is 26.6. The van der Waals surface area contributed by atoms with Gasteiger partial charge in [-0.05, 0) is 86.3 Å². The summed E-state index contributed by atoms with van der Waals surface area (Å²) in [7, 11) is 0. The predicted molar refractivity (Wildman–Crippen MR) is 158 cm³/mol. The number of hydrogen-bond acceptors (Lipinski definition) is 2. The second-order valence-corrected chi connectivity index (χ2v) is 12.3. The first kappa shape index (κ1) is 30.0. The molecule has 1 atom stereocenters. The van der Waals surface area contributed by atoms with Gasteiger partial charge in [-0.15, -0.1) is 6.58 Å². The zero-order valence-electron chi connectivity index (χ0n) is 24.2. The summed E-state index contributed by atoms with van der Waals surface area (Å²) in [5.74, 6) is 3.82. The van der Waals surface area contributed by atoms with Gasteiger partial charge in [0.2, 0.25) is 0 Å². The summed E-state index contributed by atoms with van der Waals surface area (Å²) in [6.45, 7) is 8.63. The van der Waals surface area contributed by atoms with E-state index in [1.807, 2.05) is 12.1 Å². The summed E-state index contributed by atoms with van der Waals surface area (Å²) in [5, 5.41) is 0. The fourth-order valence-electron chi connectivity index (χ4n) is 7.05. The van der Waals surface area contributed by atoms with Crippen LogP contribution < -0.4 is 4.74 Å². The third-order valence-electron chi connectivity index (χ3n) is 9.52. The van der Waals surface area contributed by atoms with Crippen LogP contribution in [0.5, 0.6) is 5.75 Å². The topological polar surface area (TPSA) is 26.3 Å². The molecule has 0 aromatic heterocycles. The summed E-state index contributed by atoms with van der Waals surface area (Å²) in [6, 6.07) is 8.47. The molecule has 0 amide bonds. The molecule has 0 N–H and O–H groups in total. The van der Waals surface area contributed by atoms with Gasteiger partial charge < -0.3 is 4.74 Å². The Hall–Kier alpha value is -1.57. The van der Waals surface area contributed by atoms with Gasteiger partial charge in [0.1, 0.15) is 5.75 Å². The number of carbonyl (C=O) groups excluding carboxylic acids is 1. The van der Waals surface area contributed by atoms with Crippen molar-refractivity contribution in [3.8, 4) is 5.75 Å². The number of rotatable bonds is 16. The van der Waals surface area contributed by atoms with Crippen LogP contribution in [-0.2, 0) is 4.79 Å². The van der Waals surface area contributed by atoms with Gasteiger partial charge in [0.25, 0.3) is 0 Å². The molecule has 2 saturated carbocycles. The van der Waals surface area contributed by atoms with Crippen LogP contribution in [0.4, 0.5) is 0 Å². The molecule has 0 bridgehead atoms. The number of benzene rings is 1. The van der Waals surface area contributed by atoms with E-state index in [0.717, 1.165) is 37.0 Å². The number of allylic oxidation sites excluding steroid dienone is 1. The zero-order chi connectivity index (χ0) is 26.3. The van der Waals surface area contributed by atoms with Gasteiger partial charge in [-0.25, -0.2) is 0 Å². The van der Waals surface area contributed by atoms with Crippen LogP contribution in [0.1, 0.15) is 147 Å². The van der Waals surface area contributed by atoms with E-state index in [1.54, 1.807) is 0 Å². The SMILES string of the molecule is C=CCC(c1ccc(OC(=O)C2CCC(CCCCCCC)CC2)cc1)C1CCC(CCCCC)CC1. The molecular weight excluding hydrogens is 452 g/mol. The fourth-order valence-corrected chi connectivity index (χ4v) is 7.05. The Morgan fingerprint density at radius 1 is 0.811 bits per heavy atom. The minimum atomic E-state index is -0.0156. The molecule has 0 aliphatic heterocycles.